The minimum atomic E-state index is -0.504. The normalized spacial score (nSPS) is 10.3. The van der Waals surface area contributed by atoms with E-state index in [-0.39, 0.29) is 18.0 Å². The Labute approximate surface area is 105 Å². The van der Waals surface area contributed by atoms with Crippen LogP contribution in [0.4, 0.5) is 15.8 Å². The number of amides is 1. The van der Waals surface area contributed by atoms with Gasteiger partial charge in [-0.1, -0.05) is 0 Å². The summed E-state index contributed by atoms with van der Waals surface area (Å²) in [7, 11) is 1.58. The van der Waals surface area contributed by atoms with Crippen molar-refractivity contribution >= 4 is 17.3 Å². The molecule has 0 spiro atoms. The van der Waals surface area contributed by atoms with Gasteiger partial charge in [0.15, 0.2) is 0 Å². The molecule has 1 aromatic carbocycles. The number of anilines is 2. The Bertz CT molecular complexity index is 399. The maximum Gasteiger partial charge on any atom is 0.226 e. The van der Waals surface area contributed by atoms with Crippen LogP contribution in [0.5, 0.6) is 0 Å². The van der Waals surface area contributed by atoms with E-state index in [0.29, 0.717) is 25.5 Å². The summed E-state index contributed by atoms with van der Waals surface area (Å²) in [5.41, 5.74) is 5.86. The summed E-state index contributed by atoms with van der Waals surface area (Å²) in [5, 5.41) is 2.60. The molecule has 0 saturated carbocycles. The average Bonchev–Trinajstić information content (AvgIpc) is 2.34. The molecule has 0 aliphatic carbocycles. The van der Waals surface area contributed by atoms with E-state index < -0.39 is 5.82 Å². The molecule has 5 nitrogen and oxygen atoms in total. The van der Waals surface area contributed by atoms with Gasteiger partial charge in [-0.15, -0.1) is 0 Å². The van der Waals surface area contributed by atoms with Gasteiger partial charge in [-0.2, -0.15) is 0 Å². The van der Waals surface area contributed by atoms with Gasteiger partial charge in [-0.05, 0) is 18.2 Å². The maximum atomic E-state index is 12.9. The summed E-state index contributed by atoms with van der Waals surface area (Å²) in [5.74, 6) is -0.714. The van der Waals surface area contributed by atoms with Crippen LogP contribution in [0.15, 0.2) is 18.2 Å². The second-order valence-corrected chi connectivity index (χ2v) is 3.64. The fraction of sp³-hybridized carbons (Fsp3) is 0.417. The highest BCUT2D eigenvalue weighted by Crippen LogP contribution is 2.16. The lowest BCUT2D eigenvalue weighted by Crippen LogP contribution is -2.15. The van der Waals surface area contributed by atoms with Gasteiger partial charge < -0.3 is 20.5 Å². The van der Waals surface area contributed by atoms with Gasteiger partial charge in [0.25, 0.3) is 0 Å². The first kappa shape index (κ1) is 14.4. The van der Waals surface area contributed by atoms with Gasteiger partial charge >= 0.3 is 0 Å². The third-order valence-electron chi connectivity index (χ3n) is 2.19. The highest BCUT2D eigenvalue weighted by atomic mass is 19.1. The summed E-state index contributed by atoms with van der Waals surface area (Å²) < 4.78 is 22.8. The molecule has 0 aliphatic rings. The number of carbonyl (C=O) groups excluding carboxylic acids is 1. The zero-order chi connectivity index (χ0) is 13.4. The molecular weight excluding hydrogens is 239 g/mol. The Kier molecular flexibility index (Phi) is 6.10. The van der Waals surface area contributed by atoms with Crippen LogP contribution in [0.3, 0.4) is 0 Å². The predicted octanol–water partition coefficient (Wildman–Crippen LogP) is 1.40. The van der Waals surface area contributed by atoms with Crippen molar-refractivity contribution in [1.82, 2.24) is 0 Å². The average molecular weight is 256 g/mol. The van der Waals surface area contributed by atoms with E-state index in [2.05, 4.69) is 5.32 Å². The van der Waals surface area contributed by atoms with Gasteiger partial charge in [0.2, 0.25) is 5.91 Å². The van der Waals surface area contributed by atoms with Crippen molar-refractivity contribution in [2.75, 3.05) is 38.0 Å². The smallest absolute Gasteiger partial charge is 0.226 e. The number of hydrogen-bond donors (Lipinski definition) is 2. The highest BCUT2D eigenvalue weighted by molar-refractivity contribution is 5.91. The third-order valence-corrected chi connectivity index (χ3v) is 2.19. The van der Waals surface area contributed by atoms with Gasteiger partial charge in [-0.25, -0.2) is 4.39 Å². The topological polar surface area (TPSA) is 73.6 Å². The predicted molar refractivity (Wildman–Crippen MR) is 66.8 cm³/mol. The van der Waals surface area contributed by atoms with E-state index >= 15 is 0 Å². The monoisotopic (exact) mass is 256 g/mol. The van der Waals surface area contributed by atoms with Crippen molar-refractivity contribution in [2.45, 2.75) is 6.42 Å². The van der Waals surface area contributed by atoms with Crippen LogP contribution < -0.4 is 11.1 Å². The van der Waals surface area contributed by atoms with Crippen molar-refractivity contribution < 1.29 is 18.7 Å². The number of hydrogen-bond acceptors (Lipinski definition) is 4. The first-order valence-electron chi connectivity index (χ1n) is 5.55. The van der Waals surface area contributed by atoms with Crippen LogP contribution in [0.25, 0.3) is 0 Å². The second kappa shape index (κ2) is 7.62. The standard InChI is InChI=1S/C12H17FN2O3/c1-17-6-7-18-5-4-12(16)15-9-2-3-10(13)11(14)8-9/h2-3,8H,4-7,14H2,1H3,(H,15,16). The van der Waals surface area contributed by atoms with Gasteiger partial charge in [0.05, 0.1) is 31.9 Å². The number of ether oxygens (including phenoxy) is 2. The first-order chi connectivity index (χ1) is 8.63. The number of halogens is 1. The van der Waals surface area contributed by atoms with Crippen molar-refractivity contribution in [3.05, 3.63) is 24.0 Å². The van der Waals surface area contributed by atoms with Crippen LogP contribution in [0.2, 0.25) is 0 Å². The molecule has 0 bridgehead atoms. The van der Waals surface area contributed by atoms with E-state index in [1.807, 2.05) is 0 Å². The lowest BCUT2D eigenvalue weighted by molar-refractivity contribution is -0.117. The zero-order valence-corrected chi connectivity index (χ0v) is 10.2. The zero-order valence-electron chi connectivity index (χ0n) is 10.2. The Morgan fingerprint density at radius 3 is 2.83 bits per heavy atom. The molecular formula is C12H17FN2O3. The molecule has 3 N–H and O–H groups in total. The molecule has 18 heavy (non-hydrogen) atoms. The number of rotatable bonds is 7. The van der Waals surface area contributed by atoms with E-state index in [9.17, 15) is 9.18 Å². The molecule has 6 heteroatoms. The van der Waals surface area contributed by atoms with Crippen LogP contribution >= 0.6 is 0 Å². The van der Waals surface area contributed by atoms with Crippen LogP contribution in [0.1, 0.15) is 6.42 Å². The highest BCUT2D eigenvalue weighted by Gasteiger charge is 2.04. The molecule has 0 aromatic heterocycles. The summed E-state index contributed by atoms with van der Waals surface area (Å²) in [6, 6.07) is 4.04. The van der Waals surface area contributed by atoms with E-state index in [1.54, 1.807) is 7.11 Å². The van der Waals surface area contributed by atoms with Crippen molar-refractivity contribution in [1.29, 1.82) is 0 Å². The third kappa shape index (κ3) is 5.11. The molecule has 0 aliphatic heterocycles. The van der Waals surface area contributed by atoms with Crippen LogP contribution in [0, 0.1) is 5.82 Å². The number of methoxy groups -OCH3 is 1. The quantitative estimate of drug-likeness (QED) is 0.571. The lowest BCUT2D eigenvalue weighted by atomic mass is 10.2. The molecule has 0 saturated heterocycles. The first-order valence-corrected chi connectivity index (χ1v) is 5.55. The maximum absolute atomic E-state index is 12.9. The largest absolute Gasteiger partial charge is 0.396 e. The van der Waals surface area contributed by atoms with E-state index in [1.165, 1.54) is 18.2 Å². The summed E-state index contributed by atoms with van der Waals surface area (Å²) in [6.07, 6.45) is 0.223. The molecule has 1 amide bonds. The van der Waals surface area contributed by atoms with Crippen molar-refractivity contribution in [3.8, 4) is 0 Å². The number of nitrogen functional groups attached to an aromatic ring is 1. The van der Waals surface area contributed by atoms with Crippen LogP contribution in [-0.4, -0.2) is 32.8 Å². The van der Waals surface area contributed by atoms with Crippen LogP contribution in [-0.2, 0) is 14.3 Å². The SMILES string of the molecule is COCCOCCC(=O)Nc1ccc(F)c(N)c1. The lowest BCUT2D eigenvalue weighted by Gasteiger charge is -2.07. The van der Waals surface area contributed by atoms with Crippen molar-refractivity contribution in [2.24, 2.45) is 0 Å². The number of benzene rings is 1. The number of nitrogens with two attached hydrogens (primary N) is 1. The second-order valence-electron chi connectivity index (χ2n) is 3.64. The summed E-state index contributed by atoms with van der Waals surface area (Å²) in [6.45, 7) is 1.26. The molecule has 0 heterocycles. The molecule has 1 aromatic rings. The Morgan fingerprint density at radius 2 is 2.17 bits per heavy atom. The summed E-state index contributed by atoms with van der Waals surface area (Å²) >= 11 is 0. The van der Waals surface area contributed by atoms with Gasteiger partial charge in [0, 0.05) is 12.8 Å². The summed E-state index contributed by atoms with van der Waals surface area (Å²) in [4.78, 5) is 11.5. The molecule has 100 valence electrons. The Morgan fingerprint density at radius 1 is 1.39 bits per heavy atom. The molecule has 0 radical (unpaired) electrons. The Balaban J connectivity index is 2.29. The van der Waals surface area contributed by atoms with E-state index in [0.717, 1.165) is 0 Å². The minimum Gasteiger partial charge on any atom is -0.396 e. The molecule has 0 unspecified atom stereocenters. The Hall–Kier alpha value is -1.66. The van der Waals surface area contributed by atoms with E-state index in [4.69, 9.17) is 15.2 Å². The number of nitrogens with one attached hydrogen (secondary N) is 1. The van der Waals surface area contributed by atoms with Gasteiger partial charge in [-0.3, -0.25) is 4.79 Å². The van der Waals surface area contributed by atoms with Gasteiger partial charge in [0.1, 0.15) is 5.82 Å². The fourth-order valence-electron chi connectivity index (χ4n) is 1.25. The number of carbonyl (C=O) groups is 1. The van der Waals surface area contributed by atoms with Crippen molar-refractivity contribution in [3.63, 3.8) is 0 Å². The minimum absolute atomic E-state index is 0.00384. The molecule has 1 rings (SSSR count). The molecule has 0 fully saturated rings. The molecule has 0 atom stereocenters. The fourth-order valence-corrected chi connectivity index (χ4v) is 1.25.